The van der Waals surface area contributed by atoms with Crippen LogP contribution in [0.25, 0.3) is 66.8 Å². The van der Waals surface area contributed by atoms with Crippen molar-refractivity contribution in [3.8, 4) is 45.3 Å². The second-order valence-corrected chi connectivity index (χ2v) is 9.38. The van der Waals surface area contributed by atoms with Gasteiger partial charge in [0.25, 0.3) is 0 Å². The molecule has 0 fully saturated rings. The van der Waals surface area contributed by atoms with E-state index in [1.165, 1.54) is 10.8 Å². The molecule has 1 aromatic heterocycles. The predicted molar refractivity (Wildman–Crippen MR) is 157 cm³/mol. The maximum Gasteiger partial charge on any atom is 0.164 e. The van der Waals surface area contributed by atoms with Crippen molar-refractivity contribution in [3.05, 3.63) is 140 Å². The van der Waals surface area contributed by atoms with Crippen LogP contribution in [0.3, 0.4) is 0 Å². The van der Waals surface area contributed by atoms with Crippen LogP contribution in [0.4, 0.5) is 0 Å². The zero-order valence-electron chi connectivity index (χ0n) is 20.6. The topological polar surface area (TPSA) is 38.7 Å². The molecule has 0 atom stereocenters. The molecule has 0 aliphatic rings. The summed E-state index contributed by atoms with van der Waals surface area (Å²) in [5, 5.41) is 4.70. The highest BCUT2D eigenvalue weighted by Crippen LogP contribution is 2.30. The molecule has 7 aromatic rings. The summed E-state index contributed by atoms with van der Waals surface area (Å²) in [7, 11) is 0. The van der Waals surface area contributed by atoms with Gasteiger partial charge in [0.2, 0.25) is 0 Å². The maximum absolute atomic E-state index is 4.98. The molecule has 0 unspecified atom stereocenters. The Morgan fingerprint density at radius 1 is 0.263 bits per heavy atom. The minimum absolute atomic E-state index is 0.657. The van der Waals surface area contributed by atoms with Gasteiger partial charge >= 0.3 is 0 Å². The second kappa shape index (κ2) is 9.38. The SMILES string of the molecule is c1ccc(-c2cccc(-c3nc(-c4ccc5ccccc5c4)nc(-c4ccc5ccccc5c4)n3)c2)cc1. The van der Waals surface area contributed by atoms with Gasteiger partial charge in [-0.3, -0.25) is 0 Å². The molecular weight excluding hydrogens is 462 g/mol. The molecule has 6 aromatic carbocycles. The smallest absolute Gasteiger partial charge is 0.164 e. The Morgan fingerprint density at radius 2 is 0.684 bits per heavy atom. The summed E-state index contributed by atoms with van der Waals surface area (Å²) in [6.45, 7) is 0. The standard InChI is InChI=1S/C35H23N3/c1-2-9-24(10-3-1)29-15-8-16-30(21-29)33-36-34(31-19-17-25-11-4-6-13-27(25)22-31)38-35(37-33)32-20-18-26-12-5-7-14-28(26)23-32/h1-23H. The third-order valence-electron chi connectivity index (χ3n) is 6.88. The summed E-state index contributed by atoms with van der Waals surface area (Å²) in [5.74, 6) is 1.98. The summed E-state index contributed by atoms with van der Waals surface area (Å²) >= 11 is 0. The summed E-state index contributed by atoms with van der Waals surface area (Å²) in [6, 6.07) is 48.2. The summed E-state index contributed by atoms with van der Waals surface area (Å²) < 4.78 is 0. The Bertz CT molecular complexity index is 1830. The molecule has 0 saturated carbocycles. The van der Waals surface area contributed by atoms with Crippen LogP contribution in [0.2, 0.25) is 0 Å². The third kappa shape index (κ3) is 4.21. The van der Waals surface area contributed by atoms with Crippen molar-refractivity contribution >= 4 is 21.5 Å². The Labute approximate surface area is 221 Å². The fourth-order valence-electron chi connectivity index (χ4n) is 4.89. The normalized spacial score (nSPS) is 11.2. The summed E-state index contributed by atoms with van der Waals surface area (Å²) in [6.07, 6.45) is 0. The van der Waals surface area contributed by atoms with Crippen LogP contribution in [-0.4, -0.2) is 15.0 Å². The van der Waals surface area contributed by atoms with Gasteiger partial charge in [0.15, 0.2) is 17.5 Å². The molecule has 1 heterocycles. The first-order chi connectivity index (χ1) is 18.8. The van der Waals surface area contributed by atoms with Crippen LogP contribution in [0, 0.1) is 0 Å². The first kappa shape index (κ1) is 22.1. The quantitative estimate of drug-likeness (QED) is 0.250. The number of aromatic nitrogens is 3. The van der Waals surface area contributed by atoms with Crippen molar-refractivity contribution in [2.75, 3.05) is 0 Å². The van der Waals surface area contributed by atoms with Crippen LogP contribution in [-0.2, 0) is 0 Å². The molecule has 38 heavy (non-hydrogen) atoms. The fraction of sp³-hybridized carbons (Fsp3) is 0. The van der Waals surface area contributed by atoms with E-state index in [1.54, 1.807) is 0 Å². The lowest BCUT2D eigenvalue weighted by atomic mass is 10.0. The number of hydrogen-bond donors (Lipinski definition) is 0. The Balaban J connectivity index is 1.42. The number of hydrogen-bond acceptors (Lipinski definition) is 3. The summed E-state index contributed by atoms with van der Waals surface area (Å²) in [5.41, 5.74) is 5.18. The van der Waals surface area contributed by atoms with Crippen LogP contribution in [0.5, 0.6) is 0 Å². The highest BCUT2D eigenvalue weighted by molar-refractivity contribution is 5.88. The van der Waals surface area contributed by atoms with Crippen LogP contribution >= 0.6 is 0 Å². The average molecular weight is 486 g/mol. The molecule has 0 bridgehead atoms. The van der Waals surface area contributed by atoms with Crippen molar-refractivity contribution in [1.82, 2.24) is 15.0 Å². The van der Waals surface area contributed by atoms with E-state index in [-0.39, 0.29) is 0 Å². The van der Waals surface area contributed by atoms with Gasteiger partial charge in [-0.05, 0) is 50.9 Å². The molecule has 0 N–H and O–H groups in total. The third-order valence-corrected chi connectivity index (χ3v) is 6.88. The van der Waals surface area contributed by atoms with Gasteiger partial charge in [-0.2, -0.15) is 0 Å². The van der Waals surface area contributed by atoms with Crippen molar-refractivity contribution < 1.29 is 0 Å². The molecule has 0 aliphatic carbocycles. The van der Waals surface area contributed by atoms with Gasteiger partial charge < -0.3 is 0 Å². The molecule has 178 valence electrons. The Kier molecular flexibility index (Phi) is 5.45. The molecule has 0 saturated heterocycles. The second-order valence-electron chi connectivity index (χ2n) is 9.38. The Morgan fingerprint density at radius 3 is 1.24 bits per heavy atom. The lowest BCUT2D eigenvalue weighted by Crippen LogP contribution is -2.00. The Hall–Kier alpha value is -5.15. The maximum atomic E-state index is 4.98. The number of benzene rings is 6. The lowest BCUT2D eigenvalue weighted by molar-refractivity contribution is 1.08. The van der Waals surface area contributed by atoms with E-state index in [9.17, 15) is 0 Å². The number of rotatable bonds is 4. The van der Waals surface area contributed by atoms with Gasteiger partial charge in [-0.15, -0.1) is 0 Å². The van der Waals surface area contributed by atoms with E-state index in [4.69, 9.17) is 15.0 Å². The van der Waals surface area contributed by atoms with Crippen LogP contribution < -0.4 is 0 Å². The van der Waals surface area contributed by atoms with Crippen LogP contribution in [0.1, 0.15) is 0 Å². The van der Waals surface area contributed by atoms with E-state index in [0.717, 1.165) is 38.6 Å². The van der Waals surface area contributed by atoms with Gasteiger partial charge in [0.1, 0.15) is 0 Å². The molecular formula is C35H23N3. The van der Waals surface area contributed by atoms with Crippen molar-refractivity contribution in [1.29, 1.82) is 0 Å². The zero-order chi connectivity index (χ0) is 25.3. The average Bonchev–Trinajstić information content (AvgIpc) is 3.01. The first-order valence-electron chi connectivity index (χ1n) is 12.7. The van der Waals surface area contributed by atoms with Crippen molar-refractivity contribution in [2.45, 2.75) is 0 Å². The molecule has 0 radical (unpaired) electrons. The molecule has 3 heteroatoms. The van der Waals surface area contributed by atoms with Crippen molar-refractivity contribution in [2.24, 2.45) is 0 Å². The fourth-order valence-corrected chi connectivity index (χ4v) is 4.89. The molecule has 0 spiro atoms. The van der Waals surface area contributed by atoms with E-state index >= 15 is 0 Å². The van der Waals surface area contributed by atoms with Gasteiger partial charge in [-0.25, -0.2) is 15.0 Å². The zero-order valence-corrected chi connectivity index (χ0v) is 20.6. The number of nitrogens with zero attached hydrogens (tertiary/aromatic N) is 3. The van der Waals surface area contributed by atoms with Gasteiger partial charge in [0, 0.05) is 16.7 Å². The molecule has 0 amide bonds. The molecule has 3 nitrogen and oxygen atoms in total. The van der Waals surface area contributed by atoms with E-state index in [1.807, 2.05) is 6.07 Å². The number of fused-ring (bicyclic) bond motifs is 2. The highest BCUT2D eigenvalue weighted by Gasteiger charge is 2.14. The lowest BCUT2D eigenvalue weighted by Gasteiger charge is -2.11. The monoisotopic (exact) mass is 485 g/mol. The first-order valence-corrected chi connectivity index (χ1v) is 12.7. The largest absolute Gasteiger partial charge is 0.208 e. The van der Waals surface area contributed by atoms with Crippen molar-refractivity contribution in [3.63, 3.8) is 0 Å². The van der Waals surface area contributed by atoms with E-state index in [2.05, 4.69) is 133 Å². The molecule has 7 rings (SSSR count). The summed E-state index contributed by atoms with van der Waals surface area (Å²) in [4.78, 5) is 14.9. The van der Waals surface area contributed by atoms with E-state index < -0.39 is 0 Å². The van der Waals surface area contributed by atoms with Gasteiger partial charge in [0.05, 0.1) is 0 Å². The van der Waals surface area contributed by atoms with E-state index in [0.29, 0.717) is 17.5 Å². The minimum Gasteiger partial charge on any atom is -0.208 e. The predicted octanol–water partition coefficient (Wildman–Crippen LogP) is 8.85. The minimum atomic E-state index is 0.657. The molecule has 0 aliphatic heterocycles. The highest BCUT2D eigenvalue weighted by atomic mass is 15.0. The van der Waals surface area contributed by atoms with Gasteiger partial charge in [-0.1, -0.05) is 121 Å². The van der Waals surface area contributed by atoms with Crippen LogP contribution in [0.15, 0.2) is 140 Å².